The van der Waals surface area contributed by atoms with E-state index in [1.54, 1.807) is 36.4 Å². The molecular weight excluding hydrogens is 369 g/mol. The molecule has 8 heteroatoms. The maximum Gasteiger partial charge on any atom is 0.243 e. The molecule has 2 aromatic carbocycles. The van der Waals surface area contributed by atoms with Gasteiger partial charge in [0.2, 0.25) is 21.7 Å². The Bertz CT molecular complexity index is 1040. The molecule has 0 bridgehead atoms. The van der Waals surface area contributed by atoms with Crippen LogP contribution in [-0.4, -0.2) is 36.0 Å². The molecule has 4 rings (SSSR count). The second kappa shape index (κ2) is 7.21. The molecule has 0 radical (unpaired) electrons. The van der Waals surface area contributed by atoms with E-state index in [1.807, 2.05) is 0 Å². The monoisotopic (exact) mass is 387 g/mol. The van der Waals surface area contributed by atoms with Gasteiger partial charge in [-0.2, -0.15) is 9.29 Å². The zero-order valence-corrected chi connectivity index (χ0v) is 15.3. The van der Waals surface area contributed by atoms with E-state index >= 15 is 0 Å². The van der Waals surface area contributed by atoms with Crippen LogP contribution in [0, 0.1) is 5.82 Å². The summed E-state index contributed by atoms with van der Waals surface area (Å²) in [6.07, 6.45) is 2.12. The highest BCUT2D eigenvalue weighted by atomic mass is 32.2. The Morgan fingerprint density at radius 1 is 1.07 bits per heavy atom. The van der Waals surface area contributed by atoms with Crippen LogP contribution in [0.4, 0.5) is 4.39 Å². The number of aromatic nitrogens is 2. The number of halogens is 1. The summed E-state index contributed by atoms with van der Waals surface area (Å²) < 4.78 is 45.1. The molecule has 6 nitrogen and oxygen atoms in total. The quantitative estimate of drug-likeness (QED) is 0.672. The van der Waals surface area contributed by atoms with Gasteiger partial charge in [0.25, 0.3) is 0 Å². The molecule has 27 heavy (non-hydrogen) atoms. The summed E-state index contributed by atoms with van der Waals surface area (Å²) in [4.78, 5) is 4.58. The van der Waals surface area contributed by atoms with E-state index in [9.17, 15) is 12.8 Å². The minimum atomic E-state index is -3.44. The number of nitrogens with zero attached hydrogens (tertiary/aromatic N) is 3. The van der Waals surface area contributed by atoms with Crippen molar-refractivity contribution in [3.05, 3.63) is 65.8 Å². The third-order valence-electron chi connectivity index (χ3n) is 4.53. The summed E-state index contributed by atoms with van der Waals surface area (Å²) in [5, 5.41) is 3.93. The van der Waals surface area contributed by atoms with E-state index in [-0.39, 0.29) is 10.7 Å². The number of benzene rings is 2. The van der Waals surface area contributed by atoms with E-state index in [0.29, 0.717) is 36.8 Å². The van der Waals surface area contributed by atoms with E-state index in [2.05, 4.69) is 10.1 Å². The second-order valence-corrected chi connectivity index (χ2v) is 8.39. The molecule has 1 saturated heterocycles. The maximum absolute atomic E-state index is 13.3. The fourth-order valence-electron chi connectivity index (χ4n) is 3.12. The molecule has 0 aliphatic carbocycles. The van der Waals surface area contributed by atoms with Crippen molar-refractivity contribution in [3.8, 4) is 11.4 Å². The summed E-state index contributed by atoms with van der Waals surface area (Å²) in [5.41, 5.74) is 1.39. The molecule has 0 N–H and O–H groups in total. The van der Waals surface area contributed by atoms with Crippen LogP contribution in [0.25, 0.3) is 11.4 Å². The molecular formula is C19H18FN3O3S. The lowest BCUT2D eigenvalue weighted by Gasteiger charge is -2.15. The highest BCUT2D eigenvalue weighted by Crippen LogP contribution is 2.24. The summed E-state index contributed by atoms with van der Waals surface area (Å²) in [7, 11) is -3.44. The van der Waals surface area contributed by atoms with Gasteiger partial charge in [0.05, 0.1) is 11.3 Å². The van der Waals surface area contributed by atoms with Gasteiger partial charge in [0, 0.05) is 18.7 Å². The minimum absolute atomic E-state index is 0.261. The van der Waals surface area contributed by atoms with Crippen LogP contribution in [0.3, 0.4) is 0 Å². The molecule has 0 amide bonds. The lowest BCUT2D eigenvalue weighted by Crippen LogP contribution is -2.27. The number of hydrogen-bond donors (Lipinski definition) is 0. The molecule has 140 valence electrons. The summed E-state index contributed by atoms with van der Waals surface area (Å²) >= 11 is 0. The molecule has 1 aliphatic rings. The molecule has 1 aromatic heterocycles. The predicted octanol–water partition coefficient (Wildman–Crippen LogP) is 3.25. The molecule has 0 saturated carbocycles. The second-order valence-electron chi connectivity index (χ2n) is 6.45. The Kier molecular flexibility index (Phi) is 4.75. The SMILES string of the molecule is O=S(=O)(c1ccc(-c2noc(Cc3cccc(F)c3)n2)cc1)N1CCCC1. The number of sulfonamides is 1. The first-order chi connectivity index (χ1) is 13.0. The number of rotatable bonds is 5. The maximum atomic E-state index is 13.3. The van der Waals surface area contributed by atoms with Crippen molar-refractivity contribution in [2.45, 2.75) is 24.2 Å². The van der Waals surface area contributed by atoms with Gasteiger partial charge < -0.3 is 4.52 Å². The van der Waals surface area contributed by atoms with E-state index < -0.39 is 10.0 Å². The third kappa shape index (κ3) is 3.77. The fraction of sp³-hybridized carbons (Fsp3) is 0.263. The fourth-order valence-corrected chi connectivity index (χ4v) is 4.64. The van der Waals surface area contributed by atoms with E-state index in [0.717, 1.165) is 18.4 Å². The van der Waals surface area contributed by atoms with E-state index in [1.165, 1.54) is 16.4 Å². The molecule has 1 aliphatic heterocycles. The van der Waals surface area contributed by atoms with Gasteiger partial charge in [0.1, 0.15) is 5.82 Å². The molecule has 0 spiro atoms. The first-order valence-electron chi connectivity index (χ1n) is 8.70. The minimum Gasteiger partial charge on any atom is -0.339 e. The van der Waals surface area contributed by atoms with Crippen LogP contribution in [0.2, 0.25) is 0 Å². The Hall–Kier alpha value is -2.58. The van der Waals surface area contributed by atoms with Gasteiger partial charge >= 0.3 is 0 Å². The third-order valence-corrected chi connectivity index (χ3v) is 6.44. The molecule has 1 fully saturated rings. The lowest BCUT2D eigenvalue weighted by molar-refractivity contribution is 0.385. The highest BCUT2D eigenvalue weighted by Gasteiger charge is 2.27. The van der Waals surface area contributed by atoms with Crippen molar-refractivity contribution in [1.29, 1.82) is 0 Å². The van der Waals surface area contributed by atoms with Crippen LogP contribution >= 0.6 is 0 Å². The van der Waals surface area contributed by atoms with Crippen molar-refractivity contribution in [1.82, 2.24) is 14.4 Å². The molecule has 0 atom stereocenters. The summed E-state index contributed by atoms with van der Waals surface area (Å²) in [5.74, 6) is 0.415. The van der Waals surface area contributed by atoms with Gasteiger partial charge in [-0.25, -0.2) is 12.8 Å². The Labute approximate surface area is 156 Å². The smallest absolute Gasteiger partial charge is 0.243 e. The Balaban J connectivity index is 1.52. The van der Waals surface area contributed by atoms with Gasteiger partial charge in [-0.1, -0.05) is 17.3 Å². The molecule has 0 unspecified atom stereocenters. The summed E-state index contributed by atoms with van der Waals surface area (Å²) in [6, 6.07) is 12.7. The first kappa shape index (κ1) is 17.8. The molecule has 3 aromatic rings. The van der Waals surface area contributed by atoms with Crippen molar-refractivity contribution in [2.75, 3.05) is 13.1 Å². The highest BCUT2D eigenvalue weighted by molar-refractivity contribution is 7.89. The predicted molar refractivity (Wildman–Crippen MR) is 96.9 cm³/mol. The van der Waals surface area contributed by atoms with Crippen molar-refractivity contribution in [2.24, 2.45) is 0 Å². The van der Waals surface area contributed by atoms with Gasteiger partial charge in [-0.05, 0) is 54.8 Å². The lowest BCUT2D eigenvalue weighted by atomic mass is 10.1. The summed E-state index contributed by atoms with van der Waals surface area (Å²) in [6.45, 7) is 1.14. The first-order valence-corrected chi connectivity index (χ1v) is 10.1. The van der Waals surface area contributed by atoms with Crippen LogP contribution in [0.5, 0.6) is 0 Å². The van der Waals surface area contributed by atoms with Crippen molar-refractivity contribution in [3.63, 3.8) is 0 Å². The normalized spacial score (nSPS) is 15.3. The van der Waals surface area contributed by atoms with Gasteiger partial charge in [-0.3, -0.25) is 0 Å². The van der Waals surface area contributed by atoms with Crippen LogP contribution in [-0.2, 0) is 16.4 Å². The molecule has 2 heterocycles. The van der Waals surface area contributed by atoms with Crippen LogP contribution in [0.1, 0.15) is 24.3 Å². The topological polar surface area (TPSA) is 76.3 Å². The largest absolute Gasteiger partial charge is 0.339 e. The average molecular weight is 387 g/mol. The van der Waals surface area contributed by atoms with Gasteiger partial charge in [-0.15, -0.1) is 0 Å². The van der Waals surface area contributed by atoms with Crippen molar-refractivity contribution < 1.29 is 17.3 Å². The van der Waals surface area contributed by atoms with E-state index in [4.69, 9.17) is 4.52 Å². The average Bonchev–Trinajstić information content (AvgIpc) is 3.34. The van der Waals surface area contributed by atoms with Crippen molar-refractivity contribution >= 4 is 10.0 Å². The van der Waals surface area contributed by atoms with Crippen LogP contribution in [0.15, 0.2) is 57.9 Å². The van der Waals surface area contributed by atoms with Gasteiger partial charge in [0.15, 0.2) is 0 Å². The Morgan fingerprint density at radius 2 is 1.81 bits per heavy atom. The standard InChI is InChI=1S/C19H18FN3O3S/c20-16-5-3-4-14(12-16)13-18-21-19(22-26-18)15-6-8-17(9-7-15)27(24,25)23-10-1-2-11-23/h3-9,12H,1-2,10-11,13H2. The van der Waals surface area contributed by atoms with Crippen LogP contribution < -0.4 is 0 Å². The Morgan fingerprint density at radius 3 is 2.52 bits per heavy atom. The number of hydrogen-bond acceptors (Lipinski definition) is 5. The zero-order chi connectivity index (χ0) is 18.9. The zero-order valence-electron chi connectivity index (χ0n) is 14.5.